The smallest absolute Gasteiger partial charge is 0.423 e. The Labute approximate surface area is 136 Å². The Morgan fingerprint density at radius 3 is 2.35 bits per heavy atom. The largest absolute Gasteiger partial charge is 0.488 e. The lowest BCUT2D eigenvalue weighted by Crippen LogP contribution is -2.37. The molecular weight excluding hydrogens is 291 g/mol. The molecule has 0 aliphatic rings. The SMILES string of the molecule is Cc1ccc(NC(=O)[C@@H](N)Cc2ccc(B(O)O)cc2)cc1C. The molecule has 1 atom stereocenters. The zero-order valence-corrected chi connectivity index (χ0v) is 13.3. The van der Waals surface area contributed by atoms with Crippen LogP contribution in [0.15, 0.2) is 42.5 Å². The van der Waals surface area contributed by atoms with Gasteiger partial charge in [0.1, 0.15) is 0 Å². The van der Waals surface area contributed by atoms with Gasteiger partial charge in [-0.25, -0.2) is 0 Å². The van der Waals surface area contributed by atoms with Gasteiger partial charge in [0, 0.05) is 5.69 Å². The lowest BCUT2D eigenvalue weighted by molar-refractivity contribution is -0.117. The quantitative estimate of drug-likeness (QED) is 0.604. The first-order valence-corrected chi connectivity index (χ1v) is 7.45. The van der Waals surface area contributed by atoms with Crippen LogP contribution in [0.3, 0.4) is 0 Å². The van der Waals surface area contributed by atoms with Crippen LogP contribution in [0.25, 0.3) is 0 Å². The van der Waals surface area contributed by atoms with Crippen molar-refractivity contribution in [3.8, 4) is 0 Å². The summed E-state index contributed by atoms with van der Waals surface area (Å²) in [6, 6.07) is 11.7. The fraction of sp³-hybridized carbons (Fsp3) is 0.235. The van der Waals surface area contributed by atoms with Crippen molar-refractivity contribution in [3.05, 3.63) is 59.2 Å². The molecule has 1 amide bonds. The van der Waals surface area contributed by atoms with Crippen LogP contribution in [-0.4, -0.2) is 29.1 Å². The Kier molecular flexibility index (Phi) is 5.55. The number of benzene rings is 2. The van der Waals surface area contributed by atoms with E-state index in [0.717, 1.165) is 16.8 Å². The topological polar surface area (TPSA) is 95.6 Å². The summed E-state index contributed by atoms with van der Waals surface area (Å²) in [6.45, 7) is 4.00. The lowest BCUT2D eigenvalue weighted by Gasteiger charge is -2.13. The number of hydrogen-bond donors (Lipinski definition) is 4. The van der Waals surface area contributed by atoms with Crippen molar-refractivity contribution in [3.63, 3.8) is 0 Å². The van der Waals surface area contributed by atoms with Crippen molar-refractivity contribution < 1.29 is 14.8 Å². The van der Waals surface area contributed by atoms with Crippen LogP contribution in [0.5, 0.6) is 0 Å². The average Bonchev–Trinajstić information content (AvgIpc) is 2.51. The zero-order chi connectivity index (χ0) is 17.0. The molecule has 6 heteroatoms. The van der Waals surface area contributed by atoms with E-state index in [9.17, 15) is 4.79 Å². The molecule has 0 spiro atoms. The van der Waals surface area contributed by atoms with E-state index in [1.54, 1.807) is 24.3 Å². The van der Waals surface area contributed by atoms with Gasteiger partial charge in [0.25, 0.3) is 0 Å². The molecule has 0 fully saturated rings. The van der Waals surface area contributed by atoms with Crippen molar-refractivity contribution in [1.29, 1.82) is 0 Å². The van der Waals surface area contributed by atoms with Gasteiger partial charge in [-0.05, 0) is 54.6 Å². The maximum Gasteiger partial charge on any atom is 0.488 e. The van der Waals surface area contributed by atoms with Crippen molar-refractivity contribution >= 4 is 24.2 Å². The molecule has 2 aromatic carbocycles. The number of nitrogens with one attached hydrogen (secondary N) is 1. The monoisotopic (exact) mass is 312 g/mol. The molecule has 0 saturated carbocycles. The third kappa shape index (κ3) is 4.66. The van der Waals surface area contributed by atoms with Gasteiger partial charge >= 0.3 is 7.12 Å². The van der Waals surface area contributed by atoms with E-state index in [1.807, 2.05) is 32.0 Å². The standard InChI is InChI=1S/C17H21BN2O3/c1-11-3-8-15(9-12(11)2)20-17(21)16(19)10-13-4-6-14(7-5-13)18(22)23/h3-9,16,22-23H,10,19H2,1-2H3,(H,20,21)/t16-/m0/s1. The van der Waals surface area contributed by atoms with Crippen molar-refractivity contribution in [1.82, 2.24) is 0 Å². The number of rotatable bonds is 5. The van der Waals surface area contributed by atoms with E-state index in [1.165, 1.54) is 5.56 Å². The molecule has 0 aliphatic carbocycles. The van der Waals surface area contributed by atoms with Crippen LogP contribution in [0.1, 0.15) is 16.7 Å². The molecule has 5 nitrogen and oxygen atoms in total. The summed E-state index contributed by atoms with van der Waals surface area (Å²) in [5.74, 6) is -0.250. The molecule has 0 radical (unpaired) electrons. The minimum absolute atomic E-state index is 0.250. The molecule has 2 rings (SSSR count). The van der Waals surface area contributed by atoms with Crippen LogP contribution >= 0.6 is 0 Å². The van der Waals surface area contributed by atoms with Gasteiger partial charge in [-0.3, -0.25) is 4.79 Å². The Bertz CT molecular complexity index is 687. The van der Waals surface area contributed by atoms with Crippen LogP contribution in [-0.2, 0) is 11.2 Å². The van der Waals surface area contributed by atoms with E-state index < -0.39 is 13.2 Å². The third-order valence-corrected chi connectivity index (χ3v) is 3.84. The molecule has 5 N–H and O–H groups in total. The second-order valence-electron chi connectivity index (χ2n) is 5.71. The maximum absolute atomic E-state index is 12.2. The maximum atomic E-state index is 12.2. The van der Waals surface area contributed by atoms with Crippen molar-refractivity contribution in [2.45, 2.75) is 26.3 Å². The molecular formula is C17H21BN2O3. The first-order valence-electron chi connectivity index (χ1n) is 7.45. The molecule has 2 aromatic rings. The van der Waals surface area contributed by atoms with E-state index in [-0.39, 0.29) is 5.91 Å². The van der Waals surface area contributed by atoms with Crippen LogP contribution in [0.4, 0.5) is 5.69 Å². The summed E-state index contributed by atoms with van der Waals surface area (Å²) in [6.07, 6.45) is 0.373. The Morgan fingerprint density at radius 1 is 1.13 bits per heavy atom. The van der Waals surface area contributed by atoms with Crippen LogP contribution in [0.2, 0.25) is 0 Å². The Balaban J connectivity index is 1.97. The predicted octanol–water partition coefficient (Wildman–Crippen LogP) is 0.492. The van der Waals surface area contributed by atoms with Gasteiger partial charge in [0.05, 0.1) is 6.04 Å². The minimum Gasteiger partial charge on any atom is -0.423 e. The highest BCUT2D eigenvalue weighted by molar-refractivity contribution is 6.58. The predicted molar refractivity (Wildman–Crippen MR) is 92.5 cm³/mol. The molecule has 0 heterocycles. The summed E-state index contributed by atoms with van der Waals surface area (Å²) in [7, 11) is -1.49. The second-order valence-corrected chi connectivity index (χ2v) is 5.71. The highest BCUT2D eigenvalue weighted by Crippen LogP contribution is 2.14. The van der Waals surface area contributed by atoms with Crippen LogP contribution in [0, 0.1) is 13.8 Å². The average molecular weight is 312 g/mol. The minimum atomic E-state index is -1.49. The van der Waals surface area contributed by atoms with Gasteiger partial charge in [-0.2, -0.15) is 0 Å². The van der Waals surface area contributed by atoms with E-state index in [0.29, 0.717) is 11.9 Å². The number of hydrogen-bond acceptors (Lipinski definition) is 4. The van der Waals surface area contributed by atoms with E-state index >= 15 is 0 Å². The lowest BCUT2D eigenvalue weighted by atomic mass is 9.80. The number of aryl methyl sites for hydroxylation is 2. The fourth-order valence-corrected chi connectivity index (χ4v) is 2.23. The first-order chi connectivity index (χ1) is 10.9. The highest BCUT2D eigenvalue weighted by atomic mass is 16.4. The van der Waals surface area contributed by atoms with E-state index in [2.05, 4.69) is 5.32 Å². The molecule has 0 unspecified atom stereocenters. The Hall–Kier alpha value is -2.15. The zero-order valence-electron chi connectivity index (χ0n) is 13.3. The van der Waals surface area contributed by atoms with Gasteiger partial charge in [-0.1, -0.05) is 30.3 Å². The number of amides is 1. The molecule has 0 saturated heterocycles. The molecule has 120 valence electrons. The summed E-state index contributed by atoms with van der Waals surface area (Å²) in [4.78, 5) is 12.2. The molecule has 0 bridgehead atoms. The van der Waals surface area contributed by atoms with Gasteiger partial charge in [-0.15, -0.1) is 0 Å². The highest BCUT2D eigenvalue weighted by Gasteiger charge is 2.15. The number of carbonyl (C=O) groups excluding carboxylic acids is 1. The second kappa shape index (κ2) is 7.41. The summed E-state index contributed by atoms with van der Waals surface area (Å²) >= 11 is 0. The normalized spacial score (nSPS) is 11.9. The van der Waals surface area contributed by atoms with Crippen LogP contribution < -0.4 is 16.5 Å². The van der Waals surface area contributed by atoms with Crippen molar-refractivity contribution in [2.75, 3.05) is 5.32 Å². The number of anilines is 1. The Morgan fingerprint density at radius 2 is 1.78 bits per heavy atom. The first kappa shape index (κ1) is 17.2. The van der Waals surface area contributed by atoms with Gasteiger partial charge in [0.2, 0.25) is 5.91 Å². The summed E-state index contributed by atoms with van der Waals surface area (Å²) < 4.78 is 0. The van der Waals surface area contributed by atoms with E-state index in [4.69, 9.17) is 15.8 Å². The number of carbonyl (C=O) groups is 1. The van der Waals surface area contributed by atoms with Gasteiger partial charge in [0.15, 0.2) is 0 Å². The van der Waals surface area contributed by atoms with Gasteiger partial charge < -0.3 is 21.1 Å². The summed E-state index contributed by atoms with van der Waals surface area (Å²) in [5, 5.41) is 20.9. The number of nitrogens with two attached hydrogens (primary N) is 1. The summed E-state index contributed by atoms with van der Waals surface area (Å²) in [5.41, 5.74) is 10.2. The third-order valence-electron chi connectivity index (χ3n) is 3.84. The molecule has 0 aromatic heterocycles. The van der Waals surface area contributed by atoms with Crippen molar-refractivity contribution in [2.24, 2.45) is 5.73 Å². The fourth-order valence-electron chi connectivity index (χ4n) is 2.23. The molecule has 23 heavy (non-hydrogen) atoms. The molecule has 0 aliphatic heterocycles.